The number of esters is 1. The lowest BCUT2D eigenvalue weighted by atomic mass is 10.3. The van der Waals surface area contributed by atoms with Crippen LogP contribution in [0, 0.1) is 0 Å². The van der Waals surface area contributed by atoms with E-state index >= 15 is 0 Å². The maximum Gasteiger partial charge on any atom is 0.333 e. The van der Waals surface area contributed by atoms with Crippen molar-refractivity contribution in [2.24, 2.45) is 5.73 Å². The molecule has 0 atom stereocenters. The summed E-state index contributed by atoms with van der Waals surface area (Å²) in [6.45, 7) is 2.04. The number of carbonyl (C=O) groups excluding carboxylic acids is 1. The molecule has 0 saturated carbocycles. The van der Waals surface area contributed by atoms with Crippen LogP contribution < -0.4 is 5.73 Å². The first-order valence-electron chi connectivity index (χ1n) is 2.67. The van der Waals surface area contributed by atoms with E-state index < -0.39 is 0 Å². The Morgan fingerprint density at radius 3 is 2.67 bits per heavy atom. The first kappa shape index (κ1) is 8.17. The van der Waals surface area contributed by atoms with Crippen LogP contribution in [0.3, 0.4) is 0 Å². The van der Waals surface area contributed by atoms with Gasteiger partial charge in [0.05, 0.1) is 7.11 Å². The molecular formula is C6H11NO2. The molecule has 52 valence electrons. The van der Waals surface area contributed by atoms with Crippen molar-refractivity contribution in [2.45, 2.75) is 6.92 Å². The van der Waals surface area contributed by atoms with Crippen LogP contribution in [0.25, 0.3) is 0 Å². The lowest BCUT2D eigenvalue weighted by Gasteiger charge is -1.95. The van der Waals surface area contributed by atoms with E-state index in [4.69, 9.17) is 5.73 Å². The zero-order valence-electron chi connectivity index (χ0n) is 5.68. The molecule has 0 saturated heterocycles. The highest BCUT2D eigenvalue weighted by Crippen LogP contribution is 1.92. The zero-order valence-corrected chi connectivity index (χ0v) is 5.68. The summed E-state index contributed by atoms with van der Waals surface area (Å²) in [4.78, 5) is 10.6. The minimum Gasteiger partial charge on any atom is -0.466 e. The van der Waals surface area contributed by atoms with Crippen LogP contribution in [0.4, 0.5) is 0 Å². The van der Waals surface area contributed by atoms with Crippen molar-refractivity contribution in [3.8, 4) is 0 Å². The lowest BCUT2D eigenvalue weighted by molar-refractivity contribution is -0.136. The highest BCUT2D eigenvalue weighted by Gasteiger charge is 1.99. The summed E-state index contributed by atoms with van der Waals surface area (Å²) in [5, 5.41) is 0. The molecule has 0 aliphatic heterocycles. The molecular weight excluding hydrogens is 118 g/mol. The fraction of sp³-hybridized carbons (Fsp3) is 0.500. The van der Waals surface area contributed by atoms with Crippen LogP contribution in [0.15, 0.2) is 11.6 Å². The second kappa shape index (κ2) is 4.09. The van der Waals surface area contributed by atoms with E-state index in [-0.39, 0.29) is 5.97 Å². The fourth-order valence-electron chi connectivity index (χ4n) is 0.421. The van der Waals surface area contributed by atoms with Crippen molar-refractivity contribution in [3.05, 3.63) is 11.6 Å². The summed E-state index contributed by atoms with van der Waals surface area (Å²) in [5.74, 6) is -0.319. The van der Waals surface area contributed by atoms with Gasteiger partial charge in [-0.15, -0.1) is 0 Å². The summed E-state index contributed by atoms with van der Waals surface area (Å²) in [6, 6.07) is 0. The number of methoxy groups -OCH3 is 1. The molecule has 0 aromatic heterocycles. The van der Waals surface area contributed by atoms with E-state index in [0.29, 0.717) is 12.1 Å². The minimum absolute atomic E-state index is 0.319. The fourth-order valence-corrected chi connectivity index (χ4v) is 0.421. The minimum atomic E-state index is -0.319. The van der Waals surface area contributed by atoms with Gasteiger partial charge in [-0.3, -0.25) is 0 Å². The van der Waals surface area contributed by atoms with Gasteiger partial charge in [-0.2, -0.15) is 0 Å². The molecule has 0 fully saturated rings. The van der Waals surface area contributed by atoms with Crippen LogP contribution in [0.2, 0.25) is 0 Å². The Kier molecular flexibility index (Phi) is 3.71. The molecule has 0 aromatic rings. The van der Waals surface area contributed by atoms with Crippen molar-refractivity contribution in [1.82, 2.24) is 0 Å². The van der Waals surface area contributed by atoms with E-state index in [1.165, 1.54) is 7.11 Å². The number of rotatable bonds is 2. The van der Waals surface area contributed by atoms with Crippen molar-refractivity contribution >= 4 is 5.97 Å². The zero-order chi connectivity index (χ0) is 7.28. The van der Waals surface area contributed by atoms with Crippen LogP contribution in [0.5, 0.6) is 0 Å². The third kappa shape index (κ3) is 2.87. The number of ether oxygens (including phenoxy) is 1. The maximum absolute atomic E-state index is 10.6. The van der Waals surface area contributed by atoms with E-state index in [9.17, 15) is 4.79 Å². The third-order valence-electron chi connectivity index (χ3n) is 0.931. The SMILES string of the molecule is COC(=O)/C(C)=C\CN. The van der Waals surface area contributed by atoms with Gasteiger partial charge in [-0.1, -0.05) is 6.08 Å². The molecule has 0 amide bonds. The molecule has 0 rings (SSSR count). The first-order chi connectivity index (χ1) is 4.22. The van der Waals surface area contributed by atoms with Crippen molar-refractivity contribution < 1.29 is 9.53 Å². The summed E-state index contributed by atoms with van der Waals surface area (Å²) in [7, 11) is 1.34. The Morgan fingerprint density at radius 1 is 1.78 bits per heavy atom. The van der Waals surface area contributed by atoms with Crippen LogP contribution in [-0.2, 0) is 9.53 Å². The number of nitrogens with two attached hydrogens (primary N) is 1. The Morgan fingerprint density at radius 2 is 2.33 bits per heavy atom. The van der Waals surface area contributed by atoms with Crippen LogP contribution in [-0.4, -0.2) is 19.6 Å². The van der Waals surface area contributed by atoms with Gasteiger partial charge in [0.2, 0.25) is 0 Å². The average molecular weight is 129 g/mol. The Labute approximate surface area is 54.5 Å². The van der Waals surface area contributed by atoms with E-state index in [0.717, 1.165) is 0 Å². The predicted octanol–water partition coefficient (Wildman–Crippen LogP) is 0.0644. The smallest absolute Gasteiger partial charge is 0.333 e. The van der Waals surface area contributed by atoms with Crippen molar-refractivity contribution in [3.63, 3.8) is 0 Å². The van der Waals surface area contributed by atoms with Gasteiger partial charge >= 0.3 is 5.97 Å². The van der Waals surface area contributed by atoms with Gasteiger partial charge in [0.1, 0.15) is 0 Å². The van der Waals surface area contributed by atoms with Crippen LogP contribution in [0.1, 0.15) is 6.92 Å². The standard InChI is InChI=1S/C6H11NO2/c1-5(3-4-7)6(8)9-2/h3H,4,7H2,1-2H3/b5-3-. The first-order valence-corrected chi connectivity index (χ1v) is 2.67. The number of carbonyl (C=O) groups is 1. The van der Waals surface area contributed by atoms with Crippen molar-refractivity contribution in [2.75, 3.05) is 13.7 Å². The van der Waals surface area contributed by atoms with Gasteiger partial charge in [-0.05, 0) is 6.92 Å². The summed E-state index contributed by atoms with van der Waals surface area (Å²) >= 11 is 0. The van der Waals surface area contributed by atoms with E-state index in [1.807, 2.05) is 0 Å². The van der Waals surface area contributed by atoms with E-state index in [2.05, 4.69) is 4.74 Å². The summed E-state index contributed by atoms with van der Waals surface area (Å²) in [5.41, 5.74) is 5.69. The van der Waals surface area contributed by atoms with Crippen molar-refractivity contribution in [1.29, 1.82) is 0 Å². The predicted molar refractivity (Wildman–Crippen MR) is 34.8 cm³/mol. The van der Waals surface area contributed by atoms with Gasteiger partial charge in [0, 0.05) is 12.1 Å². The molecule has 9 heavy (non-hydrogen) atoms. The quantitative estimate of drug-likeness (QED) is 0.424. The lowest BCUT2D eigenvalue weighted by Crippen LogP contribution is -2.04. The normalized spacial score (nSPS) is 11.2. The molecule has 3 heteroatoms. The molecule has 0 radical (unpaired) electrons. The molecule has 0 bridgehead atoms. The third-order valence-corrected chi connectivity index (χ3v) is 0.931. The molecule has 0 spiro atoms. The van der Waals surface area contributed by atoms with E-state index in [1.54, 1.807) is 13.0 Å². The Hall–Kier alpha value is -0.830. The molecule has 2 N–H and O–H groups in total. The molecule has 0 heterocycles. The number of hydrogen-bond acceptors (Lipinski definition) is 3. The second-order valence-corrected chi connectivity index (χ2v) is 1.61. The Bertz CT molecular complexity index is 129. The van der Waals surface area contributed by atoms with Crippen LogP contribution >= 0.6 is 0 Å². The second-order valence-electron chi connectivity index (χ2n) is 1.61. The average Bonchev–Trinajstić information content (AvgIpc) is 1.87. The molecule has 0 aliphatic rings. The van der Waals surface area contributed by atoms with Gasteiger partial charge in [-0.25, -0.2) is 4.79 Å². The molecule has 0 aromatic carbocycles. The summed E-state index contributed by atoms with van der Waals surface area (Å²) < 4.78 is 4.40. The maximum atomic E-state index is 10.6. The molecule has 0 unspecified atom stereocenters. The molecule has 3 nitrogen and oxygen atoms in total. The Balaban J connectivity index is 3.86. The van der Waals surface area contributed by atoms with Gasteiger partial charge in [0.25, 0.3) is 0 Å². The topological polar surface area (TPSA) is 52.3 Å². The largest absolute Gasteiger partial charge is 0.466 e. The summed E-state index contributed by atoms with van der Waals surface area (Å²) in [6.07, 6.45) is 1.62. The van der Waals surface area contributed by atoms with Gasteiger partial charge < -0.3 is 10.5 Å². The number of hydrogen-bond donors (Lipinski definition) is 1. The monoisotopic (exact) mass is 129 g/mol. The highest BCUT2D eigenvalue weighted by atomic mass is 16.5. The van der Waals surface area contributed by atoms with Gasteiger partial charge in [0.15, 0.2) is 0 Å². The molecule has 0 aliphatic carbocycles. The highest BCUT2D eigenvalue weighted by molar-refractivity contribution is 5.87.